The Morgan fingerprint density at radius 3 is 1.55 bits per heavy atom. The SMILES string of the molecule is Cc1cc(C)c(C)c(C)c1.I. The fourth-order valence-corrected chi connectivity index (χ4v) is 1.25. The predicted molar refractivity (Wildman–Crippen MR) is 60.8 cm³/mol. The molecule has 1 heteroatoms. The van der Waals surface area contributed by atoms with Crippen LogP contribution in [-0.4, -0.2) is 0 Å². The summed E-state index contributed by atoms with van der Waals surface area (Å²) in [6.07, 6.45) is 0. The number of hydrogen-bond acceptors (Lipinski definition) is 0. The Balaban J connectivity index is 0.000001000. The molecule has 0 atom stereocenters. The van der Waals surface area contributed by atoms with Crippen LogP contribution in [0.3, 0.4) is 0 Å². The van der Waals surface area contributed by atoms with Gasteiger partial charge in [-0.2, -0.15) is 0 Å². The zero-order valence-corrected chi connectivity index (χ0v) is 9.89. The molecule has 1 aromatic carbocycles. The highest BCUT2D eigenvalue weighted by Gasteiger charge is 1.95. The van der Waals surface area contributed by atoms with E-state index in [9.17, 15) is 0 Å². The van der Waals surface area contributed by atoms with Crippen LogP contribution in [-0.2, 0) is 0 Å². The summed E-state index contributed by atoms with van der Waals surface area (Å²) in [6, 6.07) is 4.45. The topological polar surface area (TPSA) is 0 Å². The summed E-state index contributed by atoms with van der Waals surface area (Å²) in [7, 11) is 0. The summed E-state index contributed by atoms with van der Waals surface area (Å²) in [5, 5.41) is 0. The molecule has 0 bridgehead atoms. The van der Waals surface area contributed by atoms with Gasteiger partial charge in [0.2, 0.25) is 0 Å². The van der Waals surface area contributed by atoms with Crippen molar-refractivity contribution >= 4 is 24.0 Å². The van der Waals surface area contributed by atoms with Crippen LogP contribution in [0.2, 0.25) is 0 Å². The third-order valence-corrected chi connectivity index (χ3v) is 2.07. The van der Waals surface area contributed by atoms with Gasteiger partial charge < -0.3 is 0 Å². The highest BCUT2D eigenvalue weighted by molar-refractivity contribution is 14.0. The Hall–Kier alpha value is -0.0500. The summed E-state index contributed by atoms with van der Waals surface area (Å²) < 4.78 is 0. The first kappa shape index (κ1) is 11.0. The maximum absolute atomic E-state index is 2.22. The Labute approximate surface area is 86.0 Å². The zero-order valence-electron chi connectivity index (χ0n) is 7.56. The lowest BCUT2D eigenvalue weighted by molar-refractivity contribution is 1.23. The van der Waals surface area contributed by atoms with Gasteiger partial charge in [-0.15, -0.1) is 24.0 Å². The number of benzene rings is 1. The number of hydrogen-bond donors (Lipinski definition) is 0. The summed E-state index contributed by atoms with van der Waals surface area (Å²) in [6.45, 7) is 8.63. The van der Waals surface area contributed by atoms with Crippen molar-refractivity contribution in [1.82, 2.24) is 0 Å². The summed E-state index contributed by atoms with van der Waals surface area (Å²) in [5.41, 5.74) is 5.58. The molecule has 0 aliphatic carbocycles. The van der Waals surface area contributed by atoms with Gasteiger partial charge in [-0.1, -0.05) is 17.7 Å². The van der Waals surface area contributed by atoms with E-state index in [-0.39, 0.29) is 24.0 Å². The van der Waals surface area contributed by atoms with Gasteiger partial charge in [-0.25, -0.2) is 0 Å². The van der Waals surface area contributed by atoms with Gasteiger partial charge in [-0.3, -0.25) is 0 Å². The van der Waals surface area contributed by atoms with E-state index in [1.807, 2.05) is 0 Å². The minimum absolute atomic E-state index is 0. The van der Waals surface area contributed by atoms with Gasteiger partial charge in [-0.05, 0) is 44.4 Å². The second-order valence-electron chi connectivity index (χ2n) is 3.02. The van der Waals surface area contributed by atoms with Gasteiger partial charge >= 0.3 is 0 Å². The Kier molecular flexibility index (Phi) is 4.08. The van der Waals surface area contributed by atoms with Crippen LogP contribution in [0.4, 0.5) is 0 Å². The maximum Gasteiger partial charge on any atom is -0.0392 e. The van der Waals surface area contributed by atoms with Crippen LogP contribution in [0.5, 0.6) is 0 Å². The average Bonchev–Trinajstić information content (AvgIpc) is 1.82. The molecular weight excluding hydrogens is 247 g/mol. The predicted octanol–water partition coefficient (Wildman–Crippen LogP) is 3.54. The van der Waals surface area contributed by atoms with Crippen LogP contribution in [0.15, 0.2) is 12.1 Å². The monoisotopic (exact) mass is 262 g/mol. The number of halogens is 1. The number of aryl methyl sites for hydroxylation is 3. The molecule has 0 spiro atoms. The quantitative estimate of drug-likeness (QED) is 0.627. The average molecular weight is 262 g/mol. The van der Waals surface area contributed by atoms with E-state index in [2.05, 4.69) is 39.8 Å². The van der Waals surface area contributed by atoms with Gasteiger partial charge in [0.05, 0.1) is 0 Å². The minimum Gasteiger partial charge on any atom is -0.107 e. The molecule has 0 radical (unpaired) electrons. The third-order valence-electron chi connectivity index (χ3n) is 2.07. The molecule has 11 heavy (non-hydrogen) atoms. The van der Waals surface area contributed by atoms with E-state index in [1.165, 1.54) is 22.3 Å². The molecule has 0 amide bonds. The van der Waals surface area contributed by atoms with Crippen molar-refractivity contribution < 1.29 is 0 Å². The maximum atomic E-state index is 2.22. The van der Waals surface area contributed by atoms with Crippen molar-refractivity contribution in [3.05, 3.63) is 34.4 Å². The van der Waals surface area contributed by atoms with Crippen LogP contribution < -0.4 is 0 Å². The van der Waals surface area contributed by atoms with Crippen LogP contribution in [0.25, 0.3) is 0 Å². The molecular formula is C10H15I. The molecule has 0 aromatic heterocycles. The van der Waals surface area contributed by atoms with Gasteiger partial charge in [0.25, 0.3) is 0 Å². The van der Waals surface area contributed by atoms with E-state index in [1.54, 1.807) is 0 Å². The lowest BCUT2D eigenvalue weighted by Gasteiger charge is -2.04. The van der Waals surface area contributed by atoms with E-state index < -0.39 is 0 Å². The molecule has 0 aliphatic rings. The second kappa shape index (κ2) is 4.10. The van der Waals surface area contributed by atoms with Gasteiger partial charge in [0.1, 0.15) is 0 Å². The minimum atomic E-state index is 0. The fourth-order valence-electron chi connectivity index (χ4n) is 1.25. The van der Waals surface area contributed by atoms with Crippen molar-refractivity contribution in [1.29, 1.82) is 0 Å². The largest absolute Gasteiger partial charge is 0.107 e. The van der Waals surface area contributed by atoms with Crippen LogP contribution in [0.1, 0.15) is 22.3 Å². The van der Waals surface area contributed by atoms with Gasteiger partial charge in [0.15, 0.2) is 0 Å². The molecule has 0 heterocycles. The van der Waals surface area contributed by atoms with E-state index in [0.717, 1.165) is 0 Å². The van der Waals surface area contributed by atoms with Crippen LogP contribution >= 0.6 is 24.0 Å². The lowest BCUT2D eigenvalue weighted by Crippen LogP contribution is -1.86. The molecule has 0 nitrogen and oxygen atoms in total. The van der Waals surface area contributed by atoms with E-state index in [4.69, 9.17) is 0 Å². The molecule has 62 valence electrons. The number of rotatable bonds is 0. The molecule has 1 rings (SSSR count). The summed E-state index contributed by atoms with van der Waals surface area (Å²) in [5.74, 6) is 0. The van der Waals surface area contributed by atoms with Gasteiger partial charge in [0, 0.05) is 0 Å². The van der Waals surface area contributed by atoms with E-state index >= 15 is 0 Å². The van der Waals surface area contributed by atoms with Crippen LogP contribution in [0, 0.1) is 27.7 Å². The molecule has 0 saturated heterocycles. The van der Waals surface area contributed by atoms with Crippen molar-refractivity contribution in [3.63, 3.8) is 0 Å². The van der Waals surface area contributed by atoms with Crippen molar-refractivity contribution in [2.24, 2.45) is 0 Å². The van der Waals surface area contributed by atoms with Crippen molar-refractivity contribution in [3.8, 4) is 0 Å². The van der Waals surface area contributed by atoms with Crippen molar-refractivity contribution in [2.45, 2.75) is 27.7 Å². The zero-order chi connectivity index (χ0) is 7.72. The first-order chi connectivity index (χ1) is 4.61. The first-order valence-corrected chi connectivity index (χ1v) is 3.65. The summed E-state index contributed by atoms with van der Waals surface area (Å²) >= 11 is 0. The summed E-state index contributed by atoms with van der Waals surface area (Å²) in [4.78, 5) is 0. The molecule has 0 aliphatic heterocycles. The molecule has 0 fully saturated rings. The molecule has 0 saturated carbocycles. The normalized spacial score (nSPS) is 9.09. The molecule has 0 N–H and O–H groups in total. The van der Waals surface area contributed by atoms with Crippen molar-refractivity contribution in [2.75, 3.05) is 0 Å². The first-order valence-electron chi connectivity index (χ1n) is 3.65. The van der Waals surface area contributed by atoms with E-state index in [0.29, 0.717) is 0 Å². The highest BCUT2D eigenvalue weighted by Crippen LogP contribution is 2.13. The second-order valence-corrected chi connectivity index (χ2v) is 3.02. The molecule has 0 unspecified atom stereocenters. The fraction of sp³-hybridized carbons (Fsp3) is 0.400. The third kappa shape index (κ3) is 2.47. The standard InChI is InChI=1S/C10H14.HI/c1-7-5-8(2)10(4)9(3)6-7;/h5-6H,1-4H3;1H. The molecule has 1 aromatic rings. The Morgan fingerprint density at radius 2 is 1.18 bits per heavy atom. The smallest absolute Gasteiger partial charge is 0.0392 e. The highest BCUT2D eigenvalue weighted by atomic mass is 127. The Morgan fingerprint density at radius 1 is 0.818 bits per heavy atom. The lowest BCUT2D eigenvalue weighted by atomic mass is 10.0. The Bertz CT molecular complexity index is 228.